The Hall–Kier alpha value is -2.77. The van der Waals surface area contributed by atoms with Crippen LogP contribution >= 0.6 is 23.2 Å². The summed E-state index contributed by atoms with van der Waals surface area (Å²) in [4.78, 5) is 35.9. The lowest BCUT2D eigenvalue weighted by molar-refractivity contribution is -0.128. The van der Waals surface area contributed by atoms with Crippen LogP contribution in [0.5, 0.6) is 5.75 Å². The number of carbonyl (C=O) groups is 3. The van der Waals surface area contributed by atoms with E-state index in [1.165, 1.54) is 25.1 Å². The second kappa shape index (κ2) is 10.7. The molecule has 2 rings (SSSR count). The maximum atomic E-state index is 12.2. The highest BCUT2D eigenvalue weighted by Gasteiger charge is 2.17. The molecule has 0 aliphatic carbocycles. The monoisotopic (exact) mass is 437 g/mol. The Kier molecular flexibility index (Phi) is 8.30. The van der Waals surface area contributed by atoms with Gasteiger partial charge in [-0.15, -0.1) is 0 Å². The minimum Gasteiger partial charge on any atom is -0.479 e. The van der Waals surface area contributed by atoms with Gasteiger partial charge in [0.1, 0.15) is 5.75 Å². The average Bonchev–Trinajstić information content (AvgIpc) is 2.68. The second-order valence-corrected chi connectivity index (χ2v) is 7.00. The molecule has 7 nitrogen and oxygen atoms in total. The molecule has 2 aromatic carbocycles. The predicted octanol–water partition coefficient (Wildman–Crippen LogP) is 3.96. The Bertz CT molecular complexity index is 888. The third-order valence-electron chi connectivity index (χ3n) is 3.77. The van der Waals surface area contributed by atoms with Crippen LogP contribution in [0.25, 0.3) is 0 Å². The smallest absolute Gasteiger partial charge is 0.279 e. The maximum Gasteiger partial charge on any atom is 0.279 e. The summed E-state index contributed by atoms with van der Waals surface area (Å²) in [6.45, 7) is 3.43. The van der Waals surface area contributed by atoms with Gasteiger partial charge in [-0.3, -0.25) is 25.2 Å². The number of hydrogen-bond acceptors (Lipinski definition) is 4. The summed E-state index contributed by atoms with van der Waals surface area (Å²) in [5, 5.41) is 3.45. The first-order valence-corrected chi connectivity index (χ1v) is 9.67. The molecule has 154 valence electrons. The van der Waals surface area contributed by atoms with E-state index >= 15 is 0 Å². The summed E-state index contributed by atoms with van der Waals surface area (Å²) in [5.41, 5.74) is 5.50. The van der Waals surface area contributed by atoms with E-state index in [9.17, 15) is 14.4 Å². The highest BCUT2D eigenvalue weighted by atomic mass is 35.5. The van der Waals surface area contributed by atoms with Crippen molar-refractivity contribution in [3.8, 4) is 5.75 Å². The molecule has 0 fully saturated rings. The van der Waals surface area contributed by atoms with Crippen LogP contribution in [-0.2, 0) is 9.59 Å². The molecule has 0 saturated carbocycles. The molecule has 3 N–H and O–H groups in total. The van der Waals surface area contributed by atoms with Crippen LogP contribution in [-0.4, -0.2) is 23.8 Å². The van der Waals surface area contributed by atoms with Gasteiger partial charge in [-0.25, -0.2) is 0 Å². The van der Waals surface area contributed by atoms with Gasteiger partial charge in [0.2, 0.25) is 5.91 Å². The summed E-state index contributed by atoms with van der Waals surface area (Å²) in [7, 11) is 0. The molecule has 2 aromatic rings. The number of hydrazine groups is 1. The van der Waals surface area contributed by atoms with Crippen molar-refractivity contribution in [3.63, 3.8) is 0 Å². The summed E-state index contributed by atoms with van der Waals surface area (Å²) in [5.74, 6) is -0.869. The molecule has 1 atom stereocenters. The number of carbonyl (C=O) groups excluding carboxylic acids is 3. The zero-order valence-corrected chi connectivity index (χ0v) is 17.4. The van der Waals surface area contributed by atoms with E-state index < -0.39 is 17.9 Å². The van der Waals surface area contributed by atoms with Crippen molar-refractivity contribution in [2.24, 2.45) is 0 Å². The molecule has 1 unspecified atom stereocenters. The zero-order chi connectivity index (χ0) is 21.4. The summed E-state index contributed by atoms with van der Waals surface area (Å²) in [6.07, 6.45) is 0.263. The molecule has 0 aliphatic heterocycles. The van der Waals surface area contributed by atoms with E-state index in [1.54, 1.807) is 24.3 Å². The molecular formula is C20H21Cl2N3O4. The summed E-state index contributed by atoms with van der Waals surface area (Å²) >= 11 is 11.8. The lowest BCUT2D eigenvalue weighted by Crippen LogP contribution is -2.47. The minimum atomic E-state index is -0.912. The van der Waals surface area contributed by atoms with Crippen LogP contribution in [0.15, 0.2) is 42.5 Å². The molecule has 0 bridgehead atoms. The minimum absolute atomic E-state index is 0.0910. The summed E-state index contributed by atoms with van der Waals surface area (Å²) < 4.78 is 5.48. The molecular weight excluding hydrogens is 417 g/mol. The number of benzene rings is 2. The van der Waals surface area contributed by atoms with Crippen LogP contribution < -0.4 is 20.9 Å². The number of nitrogens with one attached hydrogen (secondary N) is 3. The Morgan fingerprint density at radius 2 is 1.72 bits per heavy atom. The highest BCUT2D eigenvalue weighted by Crippen LogP contribution is 2.28. The van der Waals surface area contributed by atoms with E-state index in [0.717, 1.165) is 6.42 Å². The average molecular weight is 438 g/mol. The van der Waals surface area contributed by atoms with Crippen molar-refractivity contribution in [2.75, 3.05) is 5.32 Å². The number of rotatable bonds is 7. The van der Waals surface area contributed by atoms with Gasteiger partial charge >= 0.3 is 0 Å². The molecule has 0 aromatic heterocycles. The van der Waals surface area contributed by atoms with Gasteiger partial charge < -0.3 is 10.1 Å². The number of hydrogen-bond donors (Lipinski definition) is 3. The number of ether oxygens (including phenoxy) is 1. The van der Waals surface area contributed by atoms with Crippen molar-refractivity contribution in [1.29, 1.82) is 0 Å². The molecule has 0 aliphatic rings. The van der Waals surface area contributed by atoms with E-state index in [4.69, 9.17) is 27.9 Å². The Morgan fingerprint density at radius 3 is 2.34 bits per heavy atom. The van der Waals surface area contributed by atoms with Gasteiger partial charge in [-0.2, -0.15) is 0 Å². The largest absolute Gasteiger partial charge is 0.479 e. The Balaban J connectivity index is 1.85. The van der Waals surface area contributed by atoms with Gasteiger partial charge in [0.15, 0.2) is 6.10 Å². The maximum absolute atomic E-state index is 12.2. The lowest BCUT2D eigenvalue weighted by Gasteiger charge is -2.16. The van der Waals surface area contributed by atoms with Crippen LogP contribution in [0.4, 0.5) is 5.69 Å². The zero-order valence-electron chi connectivity index (χ0n) is 15.9. The summed E-state index contributed by atoms with van der Waals surface area (Å²) in [6, 6.07) is 10.9. The second-order valence-electron chi connectivity index (χ2n) is 6.15. The third kappa shape index (κ3) is 6.96. The predicted molar refractivity (Wildman–Crippen MR) is 112 cm³/mol. The first-order valence-electron chi connectivity index (χ1n) is 8.92. The third-order valence-corrected chi connectivity index (χ3v) is 4.30. The van der Waals surface area contributed by atoms with Crippen molar-refractivity contribution in [2.45, 2.75) is 32.8 Å². The van der Waals surface area contributed by atoms with Crippen LogP contribution in [0.2, 0.25) is 10.0 Å². The Labute approximate surface area is 178 Å². The topological polar surface area (TPSA) is 96.5 Å². The van der Waals surface area contributed by atoms with E-state index in [2.05, 4.69) is 16.2 Å². The van der Waals surface area contributed by atoms with Crippen LogP contribution in [0.3, 0.4) is 0 Å². The van der Waals surface area contributed by atoms with E-state index in [0.29, 0.717) is 28.4 Å². The van der Waals surface area contributed by atoms with Crippen molar-refractivity contribution in [1.82, 2.24) is 10.9 Å². The SMILES string of the molecule is CCCC(=O)Nc1ccc(C(=O)NNC(=O)C(C)Oc2ccc(Cl)cc2Cl)cc1. The molecule has 29 heavy (non-hydrogen) atoms. The van der Waals surface area contributed by atoms with Crippen molar-refractivity contribution in [3.05, 3.63) is 58.1 Å². The number of amides is 3. The Morgan fingerprint density at radius 1 is 1.03 bits per heavy atom. The normalized spacial score (nSPS) is 11.3. The van der Waals surface area contributed by atoms with Crippen molar-refractivity contribution < 1.29 is 19.1 Å². The highest BCUT2D eigenvalue weighted by molar-refractivity contribution is 6.35. The van der Waals surface area contributed by atoms with Crippen molar-refractivity contribution >= 4 is 46.6 Å². The molecule has 3 amide bonds. The van der Waals surface area contributed by atoms with Gasteiger partial charge in [-0.05, 0) is 55.8 Å². The van der Waals surface area contributed by atoms with Crippen LogP contribution in [0, 0.1) is 0 Å². The molecule has 0 radical (unpaired) electrons. The fraction of sp³-hybridized carbons (Fsp3) is 0.250. The van der Waals surface area contributed by atoms with Gasteiger partial charge in [0.25, 0.3) is 11.8 Å². The van der Waals surface area contributed by atoms with Crippen LogP contribution in [0.1, 0.15) is 37.0 Å². The van der Waals surface area contributed by atoms with Gasteiger partial charge in [-0.1, -0.05) is 30.1 Å². The first kappa shape index (κ1) is 22.5. The van der Waals surface area contributed by atoms with Gasteiger partial charge in [0.05, 0.1) is 5.02 Å². The molecule has 0 spiro atoms. The van der Waals surface area contributed by atoms with E-state index in [-0.39, 0.29) is 10.9 Å². The fourth-order valence-electron chi connectivity index (χ4n) is 2.26. The molecule has 0 saturated heterocycles. The lowest BCUT2D eigenvalue weighted by atomic mass is 10.2. The molecule has 0 heterocycles. The number of halogens is 2. The number of anilines is 1. The fourth-order valence-corrected chi connectivity index (χ4v) is 2.72. The quantitative estimate of drug-likeness (QED) is 0.571. The van der Waals surface area contributed by atoms with E-state index in [1.807, 2.05) is 6.92 Å². The molecule has 9 heteroatoms. The standard InChI is InChI=1S/C20H21Cl2N3O4/c1-3-4-18(26)23-15-8-5-13(6-9-15)20(28)25-24-19(27)12(2)29-17-10-7-14(21)11-16(17)22/h5-12H,3-4H2,1-2H3,(H,23,26)(H,24,27)(H,25,28). The van der Waals surface area contributed by atoms with Gasteiger partial charge in [0, 0.05) is 22.7 Å². The first-order chi connectivity index (χ1) is 13.8.